The van der Waals surface area contributed by atoms with Crippen LogP contribution in [0.5, 0.6) is 0 Å². The van der Waals surface area contributed by atoms with Gasteiger partial charge in [0, 0.05) is 18.2 Å². The van der Waals surface area contributed by atoms with E-state index < -0.39 is 16.1 Å². The van der Waals surface area contributed by atoms with Crippen LogP contribution in [-0.4, -0.2) is 43.0 Å². The van der Waals surface area contributed by atoms with Crippen molar-refractivity contribution in [1.29, 1.82) is 0 Å². The van der Waals surface area contributed by atoms with E-state index >= 15 is 0 Å². The summed E-state index contributed by atoms with van der Waals surface area (Å²) in [5, 5.41) is 3.00. The Bertz CT molecular complexity index is 784. The standard InChI is InChI=1S/C19H26N2O4S/c1-13(15-6-7-15)20-19(23)18-5-3-4-12-21(18)26(24,25)17-10-8-16(9-11-17)14(2)22/h8-11,13,15,18H,3-7,12H2,1-2H3,(H,20,23). The van der Waals surface area contributed by atoms with Crippen molar-refractivity contribution in [3.05, 3.63) is 29.8 Å². The molecule has 7 heteroatoms. The van der Waals surface area contributed by atoms with Gasteiger partial charge in [0.05, 0.1) is 4.90 Å². The van der Waals surface area contributed by atoms with E-state index in [0.717, 1.165) is 25.7 Å². The van der Waals surface area contributed by atoms with E-state index in [1.165, 1.54) is 35.5 Å². The summed E-state index contributed by atoms with van der Waals surface area (Å²) in [6.07, 6.45) is 4.36. The first-order valence-electron chi connectivity index (χ1n) is 9.24. The number of hydrogen-bond acceptors (Lipinski definition) is 4. The molecule has 1 amide bonds. The maximum Gasteiger partial charge on any atom is 0.243 e. The number of piperidine rings is 1. The molecule has 1 aromatic rings. The van der Waals surface area contributed by atoms with Crippen LogP contribution < -0.4 is 5.32 Å². The Morgan fingerprint density at radius 3 is 2.35 bits per heavy atom. The third kappa shape index (κ3) is 3.99. The third-order valence-corrected chi connectivity index (χ3v) is 7.25. The number of hydrogen-bond donors (Lipinski definition) is 1. The van der Waals surface area contributed by atoms with E-state index in [-0.39, 0.29) is 22.6 Å². The van der Waals surface area contributed by atoms with Gasteiger partial charge in [0.1, 0.15) is 6.04 Å². The summed E-state index contributed by atoms with van der Waals surface area (Å²) < 4.78 is 27.5. The second-order valence-electron chi connectivity index (χ2n) is 7.34. The van der Waals surface area contributed by atoms with E-state index in [1.54, 1.807) is 0 Å². The fourth-order valence-electron chi connectivity index (χ4n) is 3.49. The molecule has 2 unspecified atom stereocenters. The molecule has 0 spiro atoms. The van der Waals surface area contributed by atoms with Crippen LogP contribution in [0.3, 0.4) is 0 Å². The summed E-state index contributed by atoms with van der Waals surface area (Å²) in [6, 6.07) is 5.35. The molecule has 3 rings (SSSR count). The van der Waals surface area contributed by atoms with E-state index in [4.69, 9.17) is 0 Å². The smallest absolute Gasteiger partial charge is 0.243 e. The van der Waals surface area contributed by atoms with Crippen LogP contribution in [0, 0.1) is 5.92 Å². The summed E-state index contributed by atoms with van der Waals surface area (Å²) in [4.78, 5) is 24.2. The van der Waals surface area contributed by atoms with Gasteiger partial charge in [0.2, 0.25) is 15.9 Å². The maximum atomic E-state index is 13.1. The van der Waals surface area contributed by atoms with E-state index in [1.807, 2.05) is 6.92 Å². The van der Waals surface area contributed by atoms with E-state index in [0.29, 0.717) is 24.4 Å². The summed E-state index contributed by atoms with van der Waals surface area (Å²) >= 11 is 0. The first-order valence-corrected chi connectivity index (χ1v) is 10.7. The average Bonchev–Trinajstić information content (AvgIpc) is 3.47. The monoisotopic (exact) mass is 378 g/mol. The van der Waals surface area contributed by atoms with Gasteiger partial charge in [-0.25, -0.2) is 8.42 Å². The van der Waals surface area contributed by atoms with Crippen molar-refractivity contribution in [2.75, 3.05) is 6.54 Å². The Morgan fingerprint density at radius 2 is 1.77 bits per heavy atom. The topological polar surface area (TPSA) is 83.6 Å². The summed E-state index contributed by atoms with van der Waals surface area (Å²) in [7, 11) is -3.78. The van der Waals surface area contributed by atoms with Crippen LogP contribution in [-0.2, 0) is 14.8 Å². The number of carbonyl (C=O) groups is 2. The number of nitrogens with zero attached hydrogens (tertiary/aromatic N) is 1. The second kappa shape index (κ2) is 7.48. The SMILES string of the molecule is CC(=O)c1ccc(S(=O)(=O)N2CCCCC2C(=O)NC(C)C2CC2)cc1. The minimum atomic E-state index is -3.78. The molecule has 1 N–H and O–H groups in total. The Morgan fingerprint density at radius 1 is 1.12 bits per heavy atom. The van der Waals surface area contributed by atoms with E-state index in [2.05, 4.69) is 5.32 Å². The highest BCUT2D eigenvalue weighted by Crippen LogP contribution is 2.33. The fraction of sp³-hybridized carbons (Fsp3) is 0.579. The number of ketones is 1. The lowest BCUT2D eigenvalue weighted by Crippen LogP contribution is -2.53. The van der Waals surface area contributed by atoms with Crippen molar-refractivity contribution < 1.29 is 18.0 Å². The predicted molar refractivity (Wildman–Crippen MR) is 98.3 cm³/mol. The number of benzene rings is 1. The van der Waals surface area contributed by atoms with Gasteiger partial charge in [-0.05, 0) is 57.6 Å². The molecular weight excluding hydrogens is 352 g/mol. The normalized spacial score (nSPS) is 22.6. The highest BCUT2D eigenvalue weighted by Gasteiger charge is 2.39. The second-order valence-corrected chi connectivity index (χ2v) is 9.23. The molecule has 2 atom stereocenters. The summed E-state index contributed by atoms with van der Waals surface area (Å²) in [5.74, 6) is 0.206. The number of amides is 1. The Balaban J connectivity index is 1.80. The molecule has 2 aliphatic rings. The minimum absolute atomic E-state index is 0.0869. The van der Waals surface area contributed by atoms with Crippen LogP contribution in [0.4, 0.5) is 0 Å². The molecule has 26 heavy (non-hydrogen) atoms. The van der Waals surface area contributed by atoms with Gasteiger partial charge in [0.25, 0.3) is 0 Å². The Labute approximate surface area is 155 Å². The zero-order valence-corrected chi connectivity index (χ0v) is 16.1. The van der Waals surface area contributed by atoms with Gasteiger partial charge in [-0.3, -0.25) is 9.59 Å². The third-order valence-electron chi connectivity index (χ3n) is 5.32. The average molecular weight is 378 g/mol. The number of carbonyl (C=O) groups excluding carboxylic acids is 2. The fourth-order valence-corrected chi connectivity index (χ4v) is 5.14. The first kappa shape index (κ1) is 19.0. The molecule has 1 aromatic carbocycles. The van der Waals surface area contributed by atoms with Gasteiger partial charge in [-0.2, -0.15) is 4.31 Å². The zero-order chi connectivity index (χ0) is 18.9. The lowest BCUT2D eigenvalue weighted by molar-refractivity contribution is -0.126. The number of sulfonamides is 1. The molecule has 0 radical (unpaired) electrons. The van der Waals surface area contributed by atoms with Crippen LogP contribution in [0.2, 0.25) is 0 Å². The molecule has 1 saturated heterocycles. The largest absolute Gasteiger partial charge is 0.352 e. The van der Waals surface area contributed by atoms with E-state index in [9.17, 15) is 18.0 Å². The summed E-state index contributed by atoms with van der Waals surface area (Å²) in [5.41, 5.74) is 0.468. The van der Waals surface area contributed by atoms with Crippen LogP contribution >= 0.6 is 0 Å². The Kier molecular flexibility index (Phi) is 5.48. The molecule has 2 fully saturated rings. The van der Waals surface area contributed by atoms with Gasteiger partial charge in [-0.1, -0.05) is 18.6 Å². The first-order chi connectivity index (χ1) is 12.3. The quantitative estimate of drug-likeness (QED) is 0.770. The molecule has 142 valence electrons. The van der Waals surface area contributed by atoms with Gasteiger partial charge < -0.3 is 5.32 Å². The van der Waals surface area contributed by atoms with Crippen molar-refractivity contribution >= 4 is 21.7 Å². The lowest BCUT2D eigenvalue weighted by Gasteiger charge is -2.34. The van der Waals surface area contributed by atoms with Crippen molar-refractivity contribution in [2.45, 2.75) is 62.9 Å². The van der Waals surface area contributed by atoms with Crippen molar-refractivity contribution in [3.8, 4) is 0 Å². The van der Waals surface area contributed by atoms with Gasteiger partial charge in [0.15, 0.2) is 5.78 Å². The highest BCUT2D eigenvalue weighted by molar-refractivity contribution is 7.89. The molecule has 1 saturated carbocycles. The molecule has 1 aliphatic carbocycles. The van der Waals surface area contributed by atoms with Crippen molar-refractivity contribution in [1.82, 2.24) is 9.62 Å². The molecule has 0 bridgehead atoms. The highest BCUT2D eigenvalue weighted by atomic mass is 32.2. The van der Waals surface area contributed by atoms with Crippen molar-refractivity contribution in [3.63, 3.8) is 0 Å². The van der Waals surface area contributed by atoms with Crippen LogP contribution in [0.25, 0.3) is 0 Å². The molecular formula is C19H26N2O4S. The Hall–Kier alpha value is -1.73. The molecule has 1 aliphatic heterocycles. The van der Waals surface area contributed by atoms with Gasteiger partial charge >= 0.3 is 0 Å². The van der Waals surface area contributed by atoms with Gasteiger partial charge in [-0.15, -0.1) is 0 Å². The van der Waals surface area contributed by atoms with Crippen molar-refractivity contribution in [2.24, 2.45) is 5.92 Å². The predicted octanol–water partition coefficient (Wildman–Crippen LogP) is 2.35. The zero-order valence-electron chi connectivity index (χ0n) is 15.3. The minimum Gasteiger partial charge on any atom is -0.352 e. The number of rotatable bonds is 6. The molecule has 6 nitrogen and oxygen atoms in total. The van der Waals surface area contributed by atoms with Crippen LogP contribution in [0.15, 0.2) is 29.2 Å². The van der Waals surface area contributed by atoms with Crippen LogP contribution in [0.1, 0.15) is 56.3 Å². The molecule has 1 heterocycles. The lowest BCUT2D eigenvalue weighted by atomic mass is 10.0. The number of nitrogens with one attached hydrogen (secondary N) is 1. The number of Topliss-reactive ketones (excluding diaryl/α,β-unsaturated/α-hetero) is 1. The molecule has 0 aromatic heterocycles. The summed E-state index contributed by atoms with van der Waals surface area (Å²) in [6.45, 7) is 3.76. The maximum absolute atomic E-state index is 13.1.